The van der Waals surface area contributed by atoms with Crippen LogP contribution in [0.2, 0.25) is 0 Å². The largest absolute Gasteiger partial charge is 0.480 e. The van der Waals surface area contributed by atoms with Crippen LogP contribution in [0.25, 0.3) is 0 Å². The predicted octanol–water partition coefficient (Wildman–Crippen LogP) is 5.87. The van der Waals surface area contributed by atoms with Gasteiger partial charge in [0.1, 0.15) is 6.54 Å². The van der Waals surface area contributed by atoms with Crippen LogP contribution in [0.15, 0.2) is 29.2 Å². The molecule has 1 N–H and O–H groups in total. The van der Waals surface area contributed by atoms with E-state index in [4.69, 9.17) is 0 Å². The second-order valence-corrected chi connectivity index (χ2v) is 9.54. The van der Waals surface area contributed by atoms with E-state index in [9.17, 15) is 9.90 Å². The molecule has 0 saturated heterocycles. The Bertz CT molecular complexity index is 842. The number of fused-ring (bicyclic) bond motifs is 1. The number of carbonyl (C=O) groups is 1. The predicted molar refractivity (Wildman–Crippen MR) is 125 cm³/mol. The maximum atomic E-state index is 11.4. The van der Waals surface area contributed by atoms with Gasteiger partial charge in [0.15, 0.2) is 0 Å². The summed E-state index contributed by atoms with van der Waals surface area (Å²) in [6.45, 7) is 8.91. The normalized spacial score (nSPS) is 13.6. The lowest BCUT2D eigenvalue weighted by atomic mass is 9.92. The lowest BCUT2D eigenvalue weighted by Gasteiger charge is -2.20. The van der Waals surface area contributed by atoms with E-state index in [-0.39, 0.29) is 6.54 Å². The Labute approximate surface area is 185 Å². The quantitative estimate of drug-likeness (QED) is 0.455. The van der Waals surface area contributed by atoms with Gasteiger partial charge >= 0.3 is 5.97 Å². The summed E-state index contributed by atoms with van der Waals surface area (Å²) in [5.74, 6) is -0.755. The topological polar surface area (TPSA) is 45.5 Å². The van der Waals surface area contributed by atoms with Crippen molar-refractivity contribution in [2.24, 2.45) is 0 Å². The molecular formula is C25H36N2O2S. The first-order chi connectivity index (χ1) is 14.5. The van der Waals surface area contributed by atoms with Crippen molar-refractivity contribution in [2.45, 2.75) is 83.6 Å². The number of hydrogen-bond acceptors (Lipinski definition) is 3. The standard InChI is InChI=1S/C25H36N2O2S/c1-4-6-16-26(15-5-2)30-21-13-11-20(12-14-21)17-23-19(3)27(18-25(28)29)24-10-8-7-9-22(23)24/h11-14H,4-10,15-18H2,1-3H3,(H,28,29). The Morgan fingerprint density at radius 1 is 1.10 bits per heavy atom. The molecule has 5 heteroatoms. The molecule has 164 valence electrons. The number of aromatic nitrogens is 1. The Morgan fingerprint density at radius 2 is 1.83 bits per heavy atom. The van der Waals surface area contributed by atoms with E-state index >= 15 is 0 Å². The van der Waals surface area contributed by atoms with Crippen molar-refractivity contribution >= 4 is 17.9 Å². The summed E-state index contributed by atoms with van der Waals surface area (Å²) in [6, 6.07) is 8.97. The minimum absolute atomic E-state index is 0.0781. The maximum Gasteiger partial charge on any atom is 0.323 e. The molecule has 1 aromatic carbocycles. The van der Waals surface area contributed by atoms with Gasteiger partial charge in [0.25, 0.3) is 0 Å². The minimum Gasteiger partial charge on any atom is -0.480 e. The summed E-state index contributed by atoms with van der Waals surface area (Å²) in [6.07, 6.45) is 8.98. The summed E-state index contributed by atoms with van der Waals surface area (Å²) < 4.78 is 4.53. The number of nitrogens with zero attached hydrogens (tertiary/aromatic N) is 2. The van der Waals surface area contributed by atoms with Crippen molar-refractivity contribution in [3.63, 3.8) is 0 Å². The summed E-state index contributed by atoms with van der Waals surface area (Å²) in [5, 5.41) is 9.36. The van der Waals surface area contributed by atoms with Crippen molar-refractivity contribution in [3.05, 3.63) is 52.3 Å². The van der Waals surface area contributed by atoms with E-state index < -0.39 is 5.97 Å². The van der Waals surface area contributed by atoms with Gasteiger partial charge in [-0.1, -0.05) is 32.4 Å². The third-order valence-electron chi connectivity index (χ3n) is 6.04. The van der Waals surface area contributed by atoms with Gasteiger partial charge in [0, 0.05) is 29.4 Å². The second kappa shape index (κ2) is 11.1. The Kier molecular flexibility index (Phi) is 8.46. The highest BCUT2D eigenvalue weighted by atomic mass is 32.2. The van der Waals surface area contributed by atoms with Crippen LogP contribution in [0.4, 0.5) is 0 Å². The molecule has 30 heavy (non-hydrogen) atoms. The molecule has 4 nitrogen and oxygen atoms in total. The number of hydrogen-bond donors (Lipinski definition) is 1. The van der Waals surface area contributed by atoms with Crippen molar-refractivity contribution in [1.82, 2.24) is 8.87 Å². The molecule has 3 rings (SSSR count). The molecule has 0 bridgehead atoms. The fraction of sp³-hybridized carbons (Fsp3) is 0.560. The first-order valence-electron chi connectivity index (χ1n) is 11.5. The Balaban J connectivity index is 1.75. The highest BCUT2D eigenvalue weighted by Gasteiger charge is 2.23. The van der Waals surface area contributed by atoms with Crippen LogP contribution in [0, 0.1) is 6.92 Å². The first kappa shape index (κ1) is 23.0. The smallest absolute Gasteiger partial charge is 0.323 e. The SMILES string of the molecule is CCCCN(CCC)Sc1ccc(Cc2c3c(n(CC(=O)O)c2C)CCCC3)cc1. The highest BCUT2D eigenvalue weighted by molar-refractivity contribution is 7.97. The maximum absolute atomic E-state index is 11.4. The molecule has 1 heterocycles. The van der Waals surface area contributed by atoms with E-state index in [2.05, 4.69) is 49.3 Å². The van der Waals surface area contributed by atoms with Gasteiger partial charge in [-0.05, 0) is 92.6 Å². The highest BCUT2D eigenvalue weighted by Crippen LogP contribution is 2.32. The molecule has 0 radical (unpaired) electrons. The van der Waals surface area contributed by atoms with E-state index in [1.165, 1.54) is 53.0 Å². The van der Waals surface area contributed by atoms with E-state index in [0.717, 1.165) is 44.5 Å². The summed E-state index contributed by atoms with van der Waals surface area (Å²) in [7, 11) is 0. The molecule has 0 aliphatic heterocycles. The zero-order valence-corrected chi connectivity index (χ0v) is 19.6. The fourth-order valence-electron chi connectivity index (χ4n) is 4.49. The van der Waals surface area contributed by atoms with Gasteiger partial charge in [-0.2, -0.15) is 0 Å². The van der Waals surface area contributed by atoms with E-state index in [1.54, 1.807) is 0 Å². The third-order valence-corrected chi connectivity index (χ3v) is 7.14. The first-order valence-corrected chi connectivity index (χ1v) is 12.2. The lowest BCUT2D eigenvalue weighted by molar-refractivity contribution is -0.137. The summed E-state index contributed by atoms with van der Waals surface area (Å²) in [5.41, 5.74) is 6.46. The van der Waals surface area contributed by atoms with Gasteiger partial charge in [-0.3, -0.25) is 4.79 Å². The average molecular weight is 429 g/mol. The average Bonchev–Trinajstić information content (AvgIpc) is 2.99. The molecule has 0 fully saturated rings. The van der Waals surface area contributed by atoms with Crippen molar-refractivity contribution in [2.75, 3.05) is 13.1 Å². The van der Waals surface area contributed by atoms with Gasteiger partial charge in [0.05, 0.1) is 0 Å². The van der Waals surface area contributed by atoms with E-state index in [0.29, 0.717) is 0 Å². The molecule has 1 aromatic heterocycles. The van der Waals surface area contributed by atoms with Gasteiger partial charge < -0.3 is 9.67 Å². The molecular weight excluding hydrogens is 392 g/mol. The number of rotatable bonds is 11. The molecule has 0 spiro atoms. The van der Waals surface area contributed by atoms with Gasteiger partial charge in [0.2, 0.25) is 0 Å². The molecule has 1 aliphatic rings. The molecule has 0 unspecified atom stereocenters. The van der Waals surface area contributed by atoms with Crippen LogP contribution in [0.1, 0.15) is 74.0 Å². The lowest BCUT2D eigenvalue weighted by Crippen LogP contribution is -2.17. The summed E-state index contributed by atoms with van der Waals surface area (Å²) in [4.78, 5) is 12.7. The number of carboxylic acid groups (broad SMARTS) is 1. The van der Waals surface area contributed by atoms with Crippen LogP contribution in [0.5, 0.6) is 0 Å². The zero-order valence-electron chi connectivity index (χ0n) is 18.7. The van der Waals surface area contributed by atoms with Crippen LogP contribution in [-0.2, 0) is 30.6 Å². The van der Waals surface area contributed by atoms with Crippen molar-refractivity contribution in [3.8, 4) is 0 Å². The van der Waals surface area contributed by atoms with Gasteiger partial charge in [-0.15, -0.1) is 0 Å². The minimum atomic E-state index is -0.755. The molecule has 0 atom stereocenters. The van der Waals surface area contributed by atoms with Crippen LogP contribution in [-0.4, -0.2) is 33.0 Å². The van der Waals surface area contributed by atoms with Crippen molar-refractivity contribution in [1.29, 1.82) is 0 Å². The molecule has 0 amide bonds. The number of carboxylic acids is 1. The van der Waals surface area contributed by atoms with Crippen LogP contribution in [0.3, 0.4) is 0 Å². The van der Waals surface area contributed by atoms with Crippen molar-refractivity contribution < 1.29 is 9.90 Å². The Morgan fingerprint density at radius 3 is 2.50 bits per heavy atom. The van der Waals surface area contributed by atoms with Crippen LogP contribution < -0.4 is 0 Å². The molecule has 0 saturated carbocycles. The monoisotopic (exact) mass is 428 g/mol. The number of unbranched alkanes of at least 4 members (excludes halogenated alkanes) is 1. The number of aliphatic carboxylic acids is 1. The Hall–Kier alpha value is -1.72. The third kappa shape index (κ3) is 5.70. The van der Waals surface area contributed by atoms with E-state index in [1.807, 2.05) is 16.5 Å². The summed E-state index contributed by atoms with van der Waals surface area (Å²) >= 11 is 1.87. The number of benzene rings is 1. The molecule has 1 aliphatic carbocycles. The molecule has 2 aromatic rings. The van der Waals surface area contributed by atoms with Crippen LogP contribution >= 0.6 is 11.9 Å². The second-order valence-electron chi connectivity index (χ2n) is 8.37. The zero-order chi connectivity index (χ0) is 21.5. The van der Waals surface area contributed by atoms with Gasteiger partial charge in [-0.25, -0.2) is 4.31 Å². The fourth-order valence-corrected chi connectivity index (χ4v) is 5.54.